The van der Waals surface area contributed by atoms with Gasteiger partial charge in [-0.1, -0.05) is 15.9 Å². The highest BCUT2D eigenvalue weighted by atomic mass is 79.9. The van der Waals surface area contributed by atoms with E-state index in [1.54, 1.807) is 27.0 Å². The number of halogens is 1. The molecule has 18 radical (unpaired) electrons. The summed E-state index contributed by atoms with van der Waals surface area (Å²) in [5.74, 6) is 0.251. The van der Waals surface area contributed by atoms with Crippen molar-refractivity contribution >= 4 is 142 Å². The molecule has 5 nitrogen and oxygen atoms in total. The molecule has 0 unspecified atom stereocenters. The summed E-state index contributed by atoms with van der Waals surface area (Å²) < 4.78 is 5.10. The molecular formula is C11H16B16BrN3O2. The number of anilines is 1. The number of nitrogens with zero attached hydrogens (tertiary/aromatic N) is 2. The van der Waals surface area contributed by atoms with E-state index < -0.39 is 56.4 Å². The molecule has 1 heterocycles. The minimum Gasteiger partial charge on any atom is -0.444 e. The van der Waals surface area contributed by atoms with Crippen molar-refractivity contribution in [2.45, 2.75) is 38.6 Å². The summed E-state index contributed by atoms with van der Waals surface area (Å²) in [6.45, 7) is 7.25. The van der Waals surface area contributed by atoms with E-state index in [9.17, 15) is 4.79 Å². The van der Waals surface area contributed by atoms with Gasteiger partial charge in [-0.2, -0.15) is 0 Å². The summed E-state index contributed by atoms with van der Waals surface area (Å²) in [6.07, 6.45) is -3.90. The first kappa shape index (κ1) is 32.9. The van der Waals surface area contributed by atoms with Gasteiger partial charge in [0.15, 0.2) is 0 Å². The molecule has 1 amide bonds. The number of rotatable bonds is 8. The average molecular weight is 475 g/mol. The van der Waals surface area contributed by atoms with Crippen LogP contribution in [0.15, 0.2) is 6.20 Å². The highest BCUT2D eigenvalue weighted by Gasteiger charge is 2.38. The van der Waals surface area contributed by atoms with E-state index in [1.807, 2.05) is 6.92 Å². The Labute approximate surface area is 222 Å². The summed E-state index contributed by atoms with van der Waals surface area (Å²) in [4.78, 5) is 19.7. The Morgan fingerprint density at radius 3 is 1.79 bits per heavy atom. The Hall–Kier alpha value is -0.131. The molecule has 1 rings (SSSR count). The number of aryl methyl sites for hydroxylation is 1. The normalized spacial score (nSPS) is 10.1. The van der Waals surface area contributed by atoms with Crippen molar-refractivity contribution in [2.24, 2.45) is 0 Å². The van der Waals surface area contributed by atoms with E-state index in [4.69, 9.17) is 74.4 Å². The van der Waals surface area contributed by atoms with Gasteiger partial charge in [-0.05, 0) is 27.7 Å². The Bertz CT molecular complexity index is 730. The number of carbonyl (C=O) groups excluding carboxylic acids is 1. The highest BCUT2D eigenvalue weighted by molar-refractivity contribution is 9.08. The fourth-order valence-corrected chi connectivity index (χ4v) is 3.43. The number of alkyl halides is 1. The molecule has 1 aromatic heterocycles. The topological polar surface area (TPSA) is 64.1 Å². The zero-order valence-electron chi connectivity index (χ0n) is 19.6. The average Bonchev–Trinajstić information content (AvgIpc) is 2.63. The molecule has 0 saturated carbocycles. The van der Waals surface area contributed by atoms with E-state index in [1.165, 1.54) is 0 Å². The molecular weight excluding hydrogens is 459 g/mol. The lowest BCUT2D eigenvalue weighted by molar-refractivity contribution is 0.0634. The number of hydrogen-bond donors (Lipinski definition) is 1. The van der Waals surface area contributed by atoms with E-state index >= 15 is 0 Å². The van der Waals surface area contributed by atoms with Crippen molar-refractivity contribution in [1.29, 1.82) is 0 Å². The van der Waals surface area contributed by atoms with Crippen molar-refractivity contribution in [3.05, 3.63) is 17.5 Å². The van der Waals surface area contributed by atoms with Gasteiger partial charge in [-0.15, -0.1) is 0 Å². The Morgan fingerprint density at radius 2 is 1.45 bits per heavy atom. The van der Waals surface area contributed by atoms with Crippen LogP contribution in [0.5, 0.6) is 0 Å². The molecule has 22 heteroatoms. The first-order valence-corrected chi connectivity index (χ1v) is 11.3. The number of amides is 1. The summed E-state index contributed by atoms with van der Waals surface area (Å²) >= 11 is 3.33. The maximum atomic E-state index is 11.5. The number of hydrogen-bond acceptors (Lipinski definition) is 4. The lowest BCUT2D eigenvalue weighted by Crippen LogP contribution is -2.75. The quantitative estimate of drug-likeness (QED) is 0.321. The van der Waals surface area contributed by atoms with Crippen LogP contribution < -0.4 is 5.32 Å². The van der Waals surface area contributed by atoms with Gasteiger partial charge in [0.2, 0.25) is 5.95 Å². The van der Waals surface area contributed by atoms with Gasteiger partial charge in [0.05, 0.1) is 0 Å². The van der Waals surface area contributed by atoms with Crippen LogP contribution in [0.3, 0.4) is 0 Å². The monoisotopic (exact) mass is 477 g/mol. The second-order valence-electron chi connectivity index (χ2n) is 8.61. The van der Waals surface area contributed by atoms with E-state index in [2.05, 4.69) is 31.2 Å². The zero-order valence-corrected chi connectivity index (χ0v) is 21.2. The molecule has 33 heavy (non-hydrogen) atoms. The maximum absolute atomic E-state index is 11.5. The number of carbonyl (C=O) groups is 1. The SMILES string of the molecule is Cc1nc(NC(=O)OC(C)(C)C)ncc1CBr.[B]B([B])B([B])B(B([B])[B])B(B([B])[B])B([B])[B]. The minimum absolute atomic E-state index is 0.251. The third-order valence-electron chi connectivity index (χ3n) is 4.50. The summed E-state index contributed by atoms with van der Waals surface area (Å²) in [5.41, 5.74) is 1.28. The van der Waals surface area contributed by atoms with Crippen molar-refractivity contribution in [2.75, 3.05) is 5.32 Å². The van der Waals surface area contributed by atoms with Gasteiger partial charge in [0, 0.05) is 137 Å². The third-order valence-corrected chi connectivity index (χ3v) is 5.11. The van der Waals surface area contributed by atoms with E-state index in [0.717, 1.165) is 11.3 Å². The molecule has 0 aromatic carbocycles. The van der Waals surface area contributed by atoms with Crippen LogP contribution in [0.25, 0.3) is 0 Å². The molecule has 0 aliphatic heterocycles. The van der Waals surface area contributed by atoms with E-state index in [-0.39, 0.29) is 5.95 Å². The predicted molar refractivity (Wildman–Crippen MR) is 161 cm³/mol. The van der Waals surface area contributed by atoms with Gasteiger partial charge in [0.1, 0.15) is 5.60 Å². The molecule has 0 atom stereocenters. The lowest BCUT2D eigenvalue weighted by atomic mass is 8.44. The van der Waals surface area contributed by atoms with Gasteiger partial charge >= 0.3 is 6.09 Å². The molecule has 0 bridgehead atoms. The standard InChI is InChI=1S/C11H16BrN3O2.B16/c1-7-8(5-12)6-13-9(14-7)15-10(16)17-11(2,3)4;1-10(2)14(9)16(13(7)8)15(11(3)4)12(5)6/h6H,5H2,1-4H3,(H,13,14,15,16);. The molecule has 0 aliphatic rings. The van der Waals surface area contributed by atoms with E-state index in [0.29, 0.717) is 5.33 Å². The van der Waals surface area contributed by atoms with Crippen LogP contribution in [0, 0.1) is 6.92 Å². The van der Waals surface area contributed by atoms with Gasteiger partial charge in [0.25, 0.3) is 0 Å². The second kappa shape index (κ2) is 15.1. The molecule has 0 saturated heterocycles. The molecule has 1 aromatic rings. The predicted octanol–water partition coefficient (Wildman–Crippen LogP) is -3.07. The summed E-state index contributed by atoms with van der Waals surface area (Å²) in [5, 5.41) is 3.18. The first-order chi connectivity index (χ1) is 15.0. The second-order valence-corrected chi connectivity index (χ2v) is 9.17. The third kappa shape index (κ3) is 12.4. The Morgan fingerprint density at radius 1 is 0.970 bits per heavy atom. The van der Waals surface area contributed by atoms with Gasteiger partial charge in [-0.25, -0.2) is 14.8 Å². The lowest BCUT2D eigenvalue weighted by Gasteiger charge is -2.37. The fourth-order valence-electron chi connectivity index (χ4n) is 2.87. The molecule has 0 fully saturated rings. The molecule has 1 N–H and O–H groups in total. The van der Waals surface area contributed by atoms with Crippen LogP contribution in [0.2, 0.25) is 0 Å². The van der Waals surface area contributed by atoms with Crippen LogP contribution >= 0.6 is 15.9 Å². The number of ether oxygens (including phenoxy) is 1. The van der Waals surface area contributed by atoms with Crippen molar-refractivity contribution in [3.8, 4) is 0 Å². The maximum Gasteiger partial charge on any atom is 0.414 e. The Balaban J connectivity index is 0.000000622. The fraction of sp³-hybridized carbons (Fsp3) is 0.545. The van der Waals surface area contributed by atoms with Crippen LogP contribution in [-0.2, 0) is 10.1 Å². The van der Waals surface area contributed by atoms with Gasteiger partial charge < -0.3 is 4.74 Å². The largest absolute Gasteiger partial charge is 0.444 e. The van der Waals surface area contributed by atoms with Crippen LogP contribution in [0.4, 0.5) is 10.7 Å². The smallest absolute Gasteiger partial charge is 0.414 e. The van der Waals surface area contributed by atoms with Gasteiger partial charge in [-0.3, -0.25) is 5.32 Å². The first-order valence-electron chi connectivity index (χ1n) is 10.2. The Kier molecular flexibility index (Phi) is 15.0. The van der Waals surface area contributed by atoms with Crippen LogP contribution in [0.1, 0.15) is 32.0 Å². The zero-order chi connectivity index (χ0) is 26.1. The van der Waals surface area contributed by atoms with Crippen LogP contribution in [-0.4, -0.2) is 136 Å². The summed E-state index contributed by atoms with van der Waals surface area (Å²) in [6, 6.07) is 0. The summed E-state index contributed by atoms with van der Waals surface area (Å²) in [7, 11) is 50.4. The van der Waals surface area contributed by atoms with Crippen molar-refractivity contribution < 1.29 is 9.53 Å². The molecule has 142 valence electrons. The highest BCUT2D eigenvalue weighted by Crippen LogP contribution is 2.12. The number of aromatic nitrogens is 2. The molecule has 0 spiro atoms. The van der Waals surface area contributed by atoms with Crippen molar-refractivity contribution in [3.63, 3.8) is 0 Å². The number of nitrogens with one attached hydrogen (secondary N) is 1. The van der Waals surface area contributed by atoms with Crippen molar-refractivity contribution in [1.82, 2.24) is 9.97 Å². The minimum atomic E-state index is -0.807. The molecule has 0 aliphatic carbocycles.